The third kappa shape index (κ3) is 4.23. The van der Waals surface area contributed by atoms with E-state index in [1.165, 1.54) is 25.3 Å². The van der Waals surface area contributed by atoms with Gasteiger partial charge in [-0.2, -0.15) is 5.26 Å². The molecule has 0 aliphatic heterocycles. The van der Waals surface area contributed by atoms with Gasteiger partial charge in [-0.15, -0.1) is 0 Å². The van der Waals surface area contributed by atoms with Crippen LogP contribution in [0.25, 0.3) is 0 Å². The van der Waals surface area contributed by atoms with Gasteiger partial charge in [0.2, 0.25) is 0 Å². The fourth-order valence-corrected chi connectivity index (χ4v) is 1.73. The number of hydrogen-bond donors (Lipinski definition) is 1. The summed E-state index contributed by atoms with van der Waals surface area (Å²) in [7, 11) is 1.45. The molecule has 0 aliphatic rings. The van der Waals surface area contributed by atoms with Gasteiger partial charge in [0, 0.05) is 22.7 Å². The monoisotopic (exact) mass is 272 g/mol. The van der Waals surface area contributed by atoms with E-state index in [2.05, 4.69) is 5.32 Å². The predicted octanol–water partition coefficient (Wildman–Crippen LogP) is 2.26. The Labute approximate surface area is 109 Å². The molecule has 0 spiro atoms. The first-order valence-corrected chi connectivity index (χ1v) is 5.48. The SMILES string of the molecule is COCC(C#N)NC(=O)c1cc(Cl)cc(Cl)c1. The lowest BCUT2D eigenvalue weighted by molar-refractivity contribution is 0.0918. The Morgan fingerprint density at radius 2 is 2.06 bits per heavy atom. The molecule has 1 rings (SSSR count). The van der Waals surface area contributed by atoms with E-state index in [0.717, 1.165) is 0 Å². The van der Waals surface area contributed by atoms with Gasteiger partial charge < -0.3 is 10.1 Å². The lowest BCUT2D eigenvalue weighted by atomic mass is 10.2. The van der Waals surface area contributed by atoms with E-state index in [0.29, 0.717) is 15.6 Å². The molecule has 90 valence electrons. The van der Waals surface area contributed by atoms with Crippen LogP contribution >= 0.6 is 23.2 Å². The summed E-state index contributed by atoms with van der Waals surface area (Å²) in [6, 6.07) is 5.68. The molecule has 1 amide bonds. The molecule has 0 aliphatic carbocycles. The maximum Gasteiger partial charge on any atom is 0.252 e. The zero-order chi connectivity index (χ0) is 12.8. The van der Waals surface area contributed by atoms with Crippen molar-refractivity contribution < 1.29 is 9.53 Å². The first-order chi connectivity index (χ1) is 8.06. The Kier molecular flexibility index (Phi) is 5.23. The van der Waals surface area contributed by atoms with Crippen molar-refractivity contribution in [2.24, 2.45) is 0 Å². The number of carbonyl (C=O) groups excluding carboxylic acids is 1. The molecule has 0 fully saturated rings. The second-order valence-corrected chi connectivity index (χ2v) is 4.14. The van der Waals surface area contributed by atoms with Gasteiger partial charge in [0.15, 0.2) is 0 Å². The van der Waals surface area contributed by atoms with Crippen LogP contribution in [-0.2, 0) is 4.74 Å². The standard InChI is InChI=1S/C11H10Cl2N2O2/c1-17-6-10(5-14)15-11(16)7-2-8(12)4-9(13)3-7/h2-4,10H,6H2,1H3,(H,15,16). The summed E-state index contributed by atoms with van der Waals surface area (Å²) in [6.07, 6.45) is 0. The Morgan fingerprint density at radius 1 is 1.47 bits per heavy atom. The van der Waals surface area contributed by atoms with Crippen LogP contribution < -0.4 is 5.32 Å². The number of hydrogen-bond acceptors (Lipinski definition) is 3. The van der Waals surface area contributed by atoms with Crippen LogP contribution in [0.3, 0.4) is 0 Å². The largest absolute Gasteiger partial charge is 0.381 e. The van der Waals surface area contributed by atoms with E-state index in [1.807, 2.05) is 6.07 Å². The van der Waals surface area contributed by atoms with Gasteiger partial charge in [-0.05, 0) is 18.2 Å². The smallest absolute Gasteiger partial charge is 0.252 e. The van der Waals surface area contributed by atoms with Crippen LogP contribution in [0.4, 0.5) is 0 Å². The molecule has 1 aromatic rings. The highest BCUT2D eigenvalue weighted by Crippen LogP contribution is 2.18. The topological polar surface area (TPSA) is 62.1 Å². The third-order valence-electron chi connectivity index (χ3n) is 1.92. The highest BCUT2D eigenvalue weighted by atomic mass is 35.5. The number of benzene rings is 1. The Hall–Kier alpha value is -1.28. The van der Waals surface area contributed by atoms with E-state index in [-0.39, 0.29) is 6.61 Å². The first kappa shape index (κ1) is 13.8. The van der Waals surface area contributed by atoms with Crippen molar-refractivity contribution in [3.63, 3.8) is 0 Å². The number of carbonyl (C=O) groups is 1. The summed E-state index contributed by atoms with van der Waals surface area (Å²) in [5, 5.41) is 12.0. The molecule has 0 bridgehead atoms. The molecule has 1 aromatic carbocycles. The van der Waals surface area contributed by atoms with Crippen molar-refractivity contribution in [2.75, 3.05) is 13.7 Å². The molecule has 0 radical (unpaired) electrons. The maximum absolute atomic E-state index is 11.8. The fourth-order valence-electron chi connectivity index (χ4n) is 1.20. The Bertz CT molecular complexity index is 437. The van der Waals surface area contributed by atoms with Gasteiger partial charge in [0.05, 0.1) is 12.7 Å². The molecule has 17 heavy (non-hydrogen) atoms. The van der Waals surface area contributed by atoms with Gasteiger partial charge in [0.1, 0.15) is 6.04 Å². The summed E-state index contributed by atoms with van der Waals surface area (Å²) in [4.78, 5) is 11.8. The highest BCUT2D eigenvalue weighted by Gasteiger charge is 2.13. The van der Waals surface area contributed by atoms with E-state index in [4.69, 9.17) is 33.2 Å². The van der Waals surface area contributed by atoms with Gasteiger partial charge in [-0.1, -0.05) is 23.2 Å². The van der Waals surface area contributed by atoms with E-state index in [1.54, 1.807) is 0 Å². The maximum atomic E-state index is 11.8. The summed E-state index contributed by atoms with van der Waals surface area (Å²) in [5.41, 5.74) is 0.304. The zero-order valence-corrected chi connectivity index (χ0v) is 10.5. The summed E-state index contributed by atoms with van der Waals surface area (Å²) in [6.45, 7) is 0.122. The molecular weight excluding hydrogens is 263 g/mol. The lowest BCUT2D eigenvalue weighted by Gasteiger charge is -2.10. The zero-order valence-electron chi connectivity index (χ0n) is 9.04. The van der Waals surface area contributed by atoms with Crippen LogP contribution in [0.15, 0.2) is 18.2 Å². The Balaban J connectivity index is 2.79. The molecule has 0 heterocycles. The summed E-state index contributed by atoms with van der Waals surface area (Å²) < 4.78 is 4.79. The number of amides is 1. The minimum absolute atomic E-state index is 0.122. The number of halogens is 2. The second-order valence-electron chi connectivity index (χ2n) is 3.27. The predicted molar refractivity (Wildman–Crippen MR) is 65.2 cm³/mol. The fraction of sp³-hybridized carbons (Fsp3) is 0.273. The minimum Gasteiger partial charge on any atom is -0.381 e. The normalized spacial score (nSPS) is 11.6. The molecule has 0 saturated carbocycles. The summed E-state index contributed by atoms with van der Waals surface area (Å²) in [5.74, 6) is -0.419. The molecule has 0 saturated heterocycles. The first-order valence-electron chi connectivity index (χ1n) is 4.72. The van der Waals surface area contributed by atoms with Gasteiger partial charge in [-0.3, -0.25) is 4.79 Å². The van der Waals surface area contributed by atoms with E-state index in [9.17, 15) is 4.79 Å². The van der Waals surface area contributed by atoms with Crippen molar-refractivity contribution in [2.45, 2.75) is 6.04 Å². The second kappa shape index (κ2) is 6.45. The quantitative estimate of drug-likeness (QED) is 0.915. The highest BCUT2D eigenvalue weighted by molar-refractivity contribution is 6.35. The number of ether oxygens (including phenoxy) is 1. The van der Waals surface area contributed by atoms with Gasteiger partial charge in [-0.25, -0.2) is 0 Å². The van der Waals surface area contributed by atoms with Gasteiger partial charge >= 0.3 is 0 Å². The van der Waals surface area contributed by atoms with Crippen molar-refractivity contribution in [1.29, 1.82) is 5.26 Å². The average molecular weight is 273 g/mol. The lowest BCUT2D eigenvalue weighted by Crippen LogP contribution is -2.36. The third-order valence-corrected chi connectivity index (χ3v) is 2.36. The van der Waals surface area contributed by atoms with Gasteiger partial charge in [0.25, 0.3) is 5.91 Å². The molecule has 4 nitrogen and oxygen atoms in total. The van der Waals surface area contributed by atoms with Crippen LogP contribution in [-0.4, -0.2) is 25.7 Å². The number of rotatable bonds is 4. The van der Waals surface area contributed by atoms with Crippen LogP contribution in [0.1, 0.15) is 10.4 Å². The van der Waals surface area contributed by atoms with Crippen molar-refractivity contribution in [3.05, 3.63) is 33.8 Å². The number of nitriles is 1. The number of nitrogens with one attached hydrogen (secondary N) is 1. The number of methoxy groups -OCH3 is 1. The number of nitrogens with zero attached hydrogens (tertiary/aromatic N) is 1. The van der Waals surface area contributed by atoms with Crippen LogP contribution in [0.5, 0.6) is 0 Å². The van der Waals surface area contributed by atoms with Crippen molar-refractivity contribution in [1.82, 2.24) is 5.32 Å². The van der Waals surface area contributed by atoms with Crippen molar-refractivity contribution >= 4 is 29.1 Å². The molecule has 1 atom stereocenters. The minimum atomic E-state index is -0.703. The van der Waals surface area contributed by atoms with E-state index < -0.39 is 11.9 Å². The Morgan fingerprint density at radius 3 is 2.53 bits per heavy atom. The molecule has 0 aromatic heterocycles. The molecule has 1 unspecified atom stereocenters. The molecule has 6 heteroatoms. The van der Waals surface area contributed by atoms with E-state index >= 15 is 0 Å². The van der Waals surface area contributed by atoms with Crippen molar-refractivity contribution in [3.8, 4) is 6.07 Å². The molecular formula is C11H10Cl2N2O2. The average Bonchev–Trinajstić information content (AvgIpc) is 2.27. The van der Waals surface area contributed by atoms with Crippen LogP contribution in [0, 0.1) is 11.3 Å². The summed E-state index contributed by atoms with van der Waals surface area (Å²) >= 11 is 11.5. The molecule has 1 N–H and O–H groups in total. The van der Waals surface area contributed by atoms with Crippen LogP contribution in [0.2, 0.25) is 10.0 Å².